The molecule has 21 heavy (non-hydrogen) atoms. The van der Waals surface area contributed by atoms with Gasteiger partial charge < -0.3 is 16.4 Å². The molecule has 8 heteroatoms. The second kappa shape index (κ2) is 7.65. The molecule has 0 aromatic carbocycles. The minimum absolute atomic E-state index is 0.0480. The Morgan fingerprint density at radius 3 is 2.48 bits per heavy atom. The van der Waals surface area contributed by atoms with Crippen LogP contribution in [0.1, 0.15) is 43.3 Å². The van der Waals surface area contributed by atoms with Crippen molar-refractivity contribution in [1.82, 2.24) is 5.32 Å². The summed E-state index contributed by atoms with van der Waals surface area (Å²) in [6.07, 6.45) is 1.91. The molecule has 0 radical (unpaired) electrons. The van der Waals surface area contributed by atoms with E-state index < -0.39 is 9.84 Å². The third-order valence-corrected chi connectivity index (χ3v) is 6.05. The van der Waals surface area contributed by atoms with Crippen LogP contribution in [0, 0.1) is 0 Å². The number of carbonyl (C=O) groups excluding carboxylic acids is 1. The Hall–Kier alpha value is -1.28. The highest BCUT2D eigenvalue weighted by atomic mass is 32.2. The number of sulfone groups is 1. The van der Waals surface area contributed by atoms with E-state index in [0.717, 1.165) is 24.2 Å². The maximum absolute atomic E-state index is 12.2. The Labute approximate surface area is 130 Å². The minimum atomic E-state index is -3.48. The van der Waals surface area contributed by atoms with Crippen molar-refractivity contribution in [3.8, 4) is 0 Å². The molecule has 0 bridgehead atoms. The summed E-state index contributed by atoms with van der Waals surface area (Å²) < 4.78 is 24.4. The van der Waals surface area contributed by atoms with Gasteiger partial charge in [0.25, 0.3) is 5.91 Å². The van der Waals surface area contributed by atoms with Gasteiger partial charge in [-0.2, -0.15) is 0 Å². The van der Waals surface area contributed by atoms with Crippen LogP contribution in [0.25, 0.3) is 0 Å². The molecule has 1 heterocycles. The largest absolute Gasteiger partial charge is 0.396 e. The van der Waals surface area contributed by atoms with Crippen LogP contribution in [-0.2, 0) is 9.84 Å². The van der Waals surface area contributed by atoms with Crippen molar-refractivity contribution < 1.29 is 13.2 Å². The third kappa shape index (κ3) is 4.10. The summed E-state index contributed by atoms with van der Waals surface area (Å²) in [5.41, 5.74) is 5.98. The van der Waals surface area contributed by atoms with E-state index in [4.69, 9.17) is 5.73 Å². The van der Waals surface area contributed by atoms with Crippen LogP contribution in [0.5, 0.6) is 0 Å². The molecule has 1 aromatic rings. The Balaban J connectivity index is 3.27. The number of amides is 1. The highest BCUT2D eigenvalue weighted by molar-refractivity contribution is 7.91. The third-order valence-electron chi connectivity index (χ3n) is 2.95. The number of hydrogen-bond donors (Lipinski definition) is 3. The second-order valence-electron chi connectivity index (χ2n) is 4.55. The van der Waals surface area contributed by atoms with E-state index in [-0.39, 0.29) is 27.1 Å². The molecule has 0 spiro atoms. The van der Waals surface area contributed by atoms with E-state index in [2.05, 4.69) is 10.6 Å². The normalized spacial score (nSPS) is 11.4. The summed E-state index contributed by atoms with van der Waals surface area (Å²) in [7, 11) is -3.48. The maximum atomic E-state index is 12.2. The van der Waals surface area contributed by atoms with Crippen LogP contribution in [0.15, 0.2) is 4.90 Å². The SMILES string of the molecule is CCCCNc1sc(C(=O)NCC)c(N)c1S(=O)(=O)CC. The van der Waals surface area contributed by atoms with Gasteiger partial charge in [-0.15, -0.1) is 11.3 Å². The number of nitrogens with one attached hydrogen (secondary N) is 2. The lowest BCUT2D eigenvalue weighted by Gasteiger charge is -2.07. The van der Waals surface area contributed by atoms with Gasteiger partial charge in [0.15, 0.2) is 9.84 Å². The van der Waals surface area contributed by atoms with Crippen LogP contribution in [0.4, 0.5) is 10.7 Å². The molecular weight excluding hydrogens is 310 g/mol. The molecule has 1 rings (SSSR count). The van der Waals surface area contributed by atoms with Crippen molar-refractivity contribution in [3.05, 3.63) is 4.88 Å². The van der Waals surface area contributed by atoms with Crippen LogP contribution in [-0.4, -0.2) is 33.2 Å². The Morgan fingerprint density at radius 2 is 1.95 bits per heavy atom. The first-order chi connectivity index (χ1) is 9.88. The zero-order valence-electron chi connectivity index (χ0n) is 12.7. The summed E-state index contributed by atoms with van der Waals surface area (Å²) in [4.78, 5) is 12.3. The van der Waals surface area contributed by atoms with E-state index in [1.807, 2.05) is 6.92 Å². The van der Waals surface area contributed by atoms with Gasteiger partial charge in [-0.3, -0.25) is 4.79 Å². The van der Waals surface area contributed by atoms with Gasteiger partial charge in [0, 0.05) is 13.1 Å². The van der Waals surface area contributed by atoms with Crippen molar-refractivity contribution in [2.75, 3.05) is 29.9 Å². The monoisotopic (exact) mass is 333 g/mol. The number of unbranched alkanes of at least 4 members (excludes halogenated alkanes) is 1. The van der Waals surface area contributed by atoms with Gasteiger partial charge in [0.1, 0.15) is 14.8 Å². The minimum Gasteiger partial charge on any atom is -0.396 e. The van der Waals surface area contributed by atoms with Gasteiger partial charge >= 0.3 is 0 Å². The molecule has 0 saturated carbocycles. The maximum Gasteiger partial charge on any atom is 0.263 e. The number of nitrogen functional groups attached to an aromatic ring is 1. The number of thiophene rings is 1. The Bertz CT molecular complexity index is 594. The lowest BCUT2D eigenvalue weighted by molar-refractivity contribution is 0.0960. The molecule has 0 atom stereocenters. The number of rotatable bonds is 8. The lowest BCUT2D eigenvalue weighted by atomic mass is 10.3. The standard InChI is InChI=1S/C13H23N3O3S2/c1-4-7-8-16-13-11(21(18,19)6-3)9(14)10(20-13)12(17)15-5-2/h16H,4-8,14H2,1-3H3,(H,15,17). The van der Waals surface area contributed by atoms with Crippen molar-refractivity contribution in [1.29, 1.82) is 0 Å². The van der Waals surface area contributed by atoms with Crippen LogP contribution >= 0.6 is 11.3 Å². The molecule has 0 aliphatic heterocycles. The molecule has 0 aliphatic rings. The molecule has 4 N–H and O–H groups in total. The summed E-state index contributed by atoms with van der Waals surface area (Å²) in [5, 5.41) is 6.20. The Kier molecular flexibility index (Phi) is 6.47. The zero-order valence-corrected chi connectivity index (χ0v) is 14.3. The number of carbonyl (C=O) groups is 1. The van der Waals surface area contributed by atoms with Gasteiger partial charge in [-0.25, -0.2) is 8.42 Å². The summed E-state index contributed by atoms with van der Waals surface area (Å²) in [6, 6.07) is 0. The average molecular weight is 333 g/mol. The van der Waals surface area contributed by atoms with Crippen molar-refractivity contribution in [2.24, 2.45) is 0 Å². The van der Waals surface area contributed by atoms with E-state index in [9.17, 15) is 13.2 Å². The molecule has 1 aromatic heterocycles. The fourth-order valence-corrected chi connectivity index (χ4v) is 4.40. The molecule has 0 unspecified atom stereocenters. The lowest BCUT2D eigenvalue weighted by Crippen LogP contribution is -2.22. The van der Waals surface area contributed by atoms with Gasteiger partial charge in [0.05, 0.1) is 11.4 Å². The highest BCUT2D eigenvalue weighted by Gasteiger charge is 2.28. The summed E-state index contributed by atoms with van der Waals surface area (Å²) in [6.45, 7) is 6.52. The predicted octanol–water partition coefficient (Wildman–Crippen LogP) is 2.09. The summed E-state index contributed by atoms with van der Waals surface area (Å²) in [5.74, 6) is -0.387. The molecular formula is C13H23N3O3S2. The van der Waals surface area contributed by atoms with Crippen molar-refractivity contribution in [2.45, 2.75) is 38.5 Å². The number of nitrogens with two attached hydrogens (primary N) is 1. The molecule has 120 valence electrons. The van der Waals surface area contributed by atoms with Crippen LogP contribution < -0.4 is 16.4 Å². The van der Waals surface area contributed by atoms with E-state index in [1.54, 1.807) is 13.8 Å². The van der Waals surface area contributed by atoms with Crippen molar-refractivity contribution in [3.63, 3.8) is 0 Å². The van der Waals surface area contributed by atoms with E-state index in [0.29, 0.717) is 18.1 Å². The predicted molar refractivity (Wildman–Crippen MR) is 87.9 cm³/mol. The average Bonchev–Trinajstić information content (AvgIpc) is 2.77. The zero-order chi connectivity index (χ0) is 16.0. The van der Waals surface area contributed by atoms with E-state index >= 15 is 0 Å². The van der Waals surface area contributed by atoms with E-state index in [1.165, 1.54) is 0 Å². The number of hydrogen-bond acceptors (Lipinski definition) is 6. The molecule has 0 aliphatic carbocycles. The Morgan fingerprint density at radius 1 is 1.29 bits per heavy atom. The quantitative estimate of drug-likeness (QED) is 0.632. The van der Waals surface area contributed by atoms with Gasteiger partial charge in [-0.05, 0) is 13.3 Å². The molecule has 0 saturated heterocycles. The molecule has 0 fully saturated rings. The summed E-state index contributed by atoms with van der Waals surface area (Å²) >= 11 is 1.10. The first-order valence-electron chi connectivity index (χ1n) is 7.06. The highest BCUT2D eigenvalue weighted by Crippen LogP contribution is 2.39. The topological polar surface area (TPSA) is 101 Å². The van der Waals surface area contributed by atoms with Gasteiger partial charge in [-0.1, -0.05) is 20.3 Å². The fraction of sp³-hybridized carbons (Fsp3) is 0.615. The number of anilines is 2. The first kappa shape index (κ1) is 17.8. The second-order valence-corrected chi connectivity index (χ2v) is 7.78. The van der Waals surface area contributed by atoms with Crippen LogP contribution in [0.3, 0.4) is 0 Å². The van der Waals surface area contributed by atoms with Crippen molar-refractivity contribution >= 4 is 37.8 Å². The van der Waals surface area contributed by atoms with Gasteiger partial charge in [0.2, 0.25) is 0 Å². The molecule has 1 amide bonds. The fourth-order valence-electron chi connectivity index (χ4n) is 1.79. The smallest absolute Gasteiger partial charge is 0.263 e. The van der Waals surface area contributed by atoms with Crippen LogP contribution in [0.2, 0.25) is 0 Å². The first-order valence-corrected chi connectivity index (χ1v) is 9.52. The molecule has 6 nitrogen and oxygen atoms in total.